The molecule has 0 bridgehead atoms. The van der Waals surface area contributed by atoms with E-state index >= 15 is 0 Å². The standard InChI is InChI=1S/2C23H20N4O/c2*1-2-9-22-18(6-1)21(15-28-22)27-23-11-10-17-19(7-3-8-20(17)26-23)25-14-16-5-4-12-24-13-16/h2*1-13,21,25H,14-15H2,(H,26,27). The molecule has 0 fully saturated rings. The molecule has 4 aromatic heterocycles. The van der Waals surface area contributed by atoms with Crippen molar-refractivity contribution in [2.75, 3.05) is 34.5 Å². The van der Waals surface area contributed by atoms with Crippen molar-refractivity contribution in [3.8, 4) is 11.5 Å². The third-order valence-corrected chi connectivity index (χ3v) is 9.92. The first-order valence-electron chi connectivity index (χ1n) is 18.8. The van der Waals surface area contributed by atoms with Crippen LogP contribution in [0.1, 0.15) is 34.3 Å². The number of ether oxygens (including phenoxy) is 2. The van der Waals surface area contributed by atoms with Gasteiger partial charge in [0.15, 0.2) is 0 Å². The van der Waals surface area contributed by atoms with Crippen LogP contribution in [-0.4, -0.2) is 33.1 Å². The molecule has 2 aliphatic rings. The first-order chi connectivity index (χ1) is 27.7. The van der Waals surface area contributed by atoms with Crippen LogP contribution in [0.3, 0.4) is 0 Å². The molecule has 2 aliphatic heterocycles. The van der Waals surface area contributed by atoms with Crippen molar-refractivity contribution >= 4 is 44.8 Å². The van der Waals surface area contributed by atoms with Crippen LogP contribution >= 0.6 is 0 Å². The monoisotopic (exact) mass is 736 g/mol. The zero-order valence-corrected chi connectivity index (χ0v) is 30.6. The summed E-state index contributed by atoms with van der Waals surface area (Å²) in [5.74, 6) is 3.59. The van der Waals surface area contributed by atoms with Crippen LogP contribution in [0.5, 0.6) is 11.5 Å². The van der Waals surface area contributed by atoms with Gasteiger partial charge in [0.05, 0.1) is 23.1 Å². The number of rotatable bonds is 10. The minimum absolute atomic E-state index is 0.119. The van der Waals surface area contributed by atoms with Crippen molar-refractivity contribution in [1.29, 1.82) is 0 Å². The van der Waals surface area contributed by atoms with E-state index in [1.807, 2.05) is 97.3 Å². The molecule has 0 amide bonds. The molecule has 56 heavy (non-hydrogen) atoms. The fourth-order valence-corrected chi connectivity index (χ4v) is 7.10. The van der Waals surface area contributed by atoms with Crippen LogP contribution in [0.15, 0.2) is 158 Å². The Labute approximate surface area is 325 Å². The lowest BCUT2D eigenvalue weighted by Crippen LogP contribution is -2.12. The maximum atomic E-state index is 5.76. The van der Waals surface area contributed by atoms with Gasteiger partial charge in [0.25, 0.3) is 0 Å². The second-order valence-electron chi connectivity index (χ2n) is 13.7. The van der Waals surface area contributed by atoms with Crippen molar-refractivity contribution in [3.63, 3.8) is 0 Å². The Bertz CT molecular complexity index is 2410. The molecular formula is C46H40N8O2. The molecule has 10 heteroatoms. The Balaban J connectivity index is 0.000000146. The van der Waals surface area contributed by atoms with Gasteiger partial charge in [-0.3, -0.25) is 9.97 Å². The third kappa shape index (κ3) is 7.72. The summed E-state index contributed by atoms with van der Waals surface area (Å²) in [5.41, 5.74) is 8.68. The van der Waals surface area contributed by atoms with Crippen molar-refractivity contribution in [2.45, 2.75) is 25.2 Å². The molecule has 0 saturated carbocycles. The van der Waals surface area contributed by atoms with E-state index in [-0.39, 0.29) is 12.1 Å². The third-order valence-electron chi connectivity index (χ3n) is 9.92. The normalized spacial score (nSPS) is 15.1. The first kappa shape index (κ1) is 34.6. The van der Waals surface area contributed by atoms with Gasteiger partial charge in [-0.1, -0.05) is 60.7 Å². The molecule has 276 valence electrons. The van der Waals surface area contributed by atoms with Gasteiger partial charge in [-0.15, -0.1) is 0 Å². The maximum absolute atomic E-state index is 5.76. The van der Waals surface area contributed by atoms with Gasteiger partial charge in [0.1, 0.15) is 36.3 Å². The number of pyridine rings is 4. The zero-order chi connectivity index (χ0) is 37.5. The van der Waals surface area contributed by atoms with E-state index in [1.54, 1.807) is 12.4 Å². The number of para-hydroxylation sites is 2. The van der Waals surface area contributed by atoms with E-state index in [9.17, 15) is 0 Å². The lowest BCUT2D eigenvalue weighted by Gasteiger charge is -2.14. The van der Waals surface area contributed by atoms with Gasteiger partial charge in [-0.2, -0.15) is 0 Å². The Morgan fingerprint density at radius 2 is 0.964 bits per heavy atom. The fraction of sp³-hybridized carbons (Fsp3) is 0.130. The fourth-order valence-electron chi connectivity index (χ4n) is 7.10. The number of benzene rings is 4. The minimum atomic E-state index is 0.119. The highest BCUT2D eigenvalue weighted by atomic mass is 16.5. The first-order valence-corrected chi connectivity index (χ1v) is 18.8. The number of hydrogen-bond donors (Lipinski definition) is 4. The Kier molecular flexibility index (Phi) is 9.90. The Morgan fingerprint density at radius 3 is 1.43 bits per heavy atom. The van der Waals surface area contributed by atoms with Gasteiger partial charge in [0, 0.05) is 71.2 Å². The largest absolute Gasteiger partial charge is 0.491 e. The number of anilines is 4. The smallest absolute Gasteiger partial charge is 0.127 e. The van der Waals surface area contributed by atoms with E-state index in [2.05, 4.69) is 79.8 Å². The van der Waals surface area contributed by atoms with Gasteiger partial charge in [0.2, 0.25) is 0 Å². The highest BCUT2D eigenvalue weighted by Crippen LogP contribution is 2.36. The summed E-state index contributed by atoms with van der Waals surface area (Å²) in [6, 6.07) is 45.1. The molecule has 6 heterocycles. The van der Waals surface area contributed by atoms with Gasteiger partial charge >= 0.3 is 0 Å². The summed E-state index contributed by atoms with van der Waals surface area (Å²) in [7, 11) is 0. The summed E-state index contributed by atoms with van der Waals surface area (Å²) < 4.78 is 11.5. The average molecular weight is 737 g/mol. The Morgan fingerprint density at radius 1 is 0.482 bits per heavy atom. The SMILES string of the molecule is c1cncc(CNc2cccc3nc(NC4COc5ccccc54)ccc23)c1.c1cncc(CNc2cccc3nc(NC4COc5ccccc54)ccc23)c1. The van der Waals surface area contributed by atoms with E-state index in [0.29, 0.717) is 13.2 Å². The second kappa shape index (κ2) is 16.0. The van der Waals surface area contributed by atoms with Gasteiger partial charge < -0.3 is 30.7 Å². The second-order valence-corrected chi connectivity index (χ2v) is 13.7. The van der Waals surface area contributed by atoms with Crippen molar-refractivity contribution in [3.05, 3.63) is 181 Å². The maximum Gasteiger partial charge on any atom is 0.127 e. The summed E-state index contributed by atoms with van der Waals surface area (Å²) in [5, 5.41) is 16.2. The lowest BCUT2D eigenvalue weighted by molar-refractivity contribution is 0.339. The van der Waals surface area contributed by atoms with Crippen LogP contribution < -0.4 is 30.7 Å². The summed E-state index contributed by atoms with van der Waals surface area (Å²) in [6.45, 7) is 2.68. The molecule has 4 N–H and O–H groups in total. The lowest BCUT2D eigenvalue weighted by atomic mass is 10.1. The number of fused-ring (bicyclic) bond motifs is 4. The molecule has 10 rings (SSSR count). The topological polar surface area (TPSA) is 118 Å². The van der Waals surface area contributed by atoms with Crippen LogP contribution in [0.2, 0.25) is 0 Å². The van der Waals surface area contributed by atoms with E-state index in [1.165, 1.54) is 11.1 Å². The highest BCUT2D eigenvalue weighted by molar-refractivity contribution is 5.93. The molecule has 2 atom stereocenters. The molecular weight excluding hydrogens is 697 g/mol. The predicted molar refractivity (Wildman–Crippen MR) is 223 cm³/mol. The molecule has 2 unspecified atom stereocenters. The zero-order valence-electron chi connectivity index (χ0n) is 30.6. The summed E-state index contributed by atoms with van der Waals surface area (Å²) in [4.78, 5) is 17.9. The van der Waals surface area contributed by atoms with E-state index in [4.69, 9.17) is 19.4 Å². The molecule has 4 aromatic carbocycles. The van der Waals surface area contributed by atoms with Gasteiger partial charge in [-0.25, -0.2) is 9.97 Å². The number of aromatic nitrogens is 4. The van der Waals surface area contributed by atoms with Gasteiger partial charge in [-0.05, 0) is 83.9 Å². The highest BCUT2D eigenvalue weighted by Gasteiger charge is 2.25. The van der Waals surface area contributed by atoms with Crippen molar-refractivity contribution in [2.24, 2.45) is 0 Å². The van der Waals surface area contributed by atoms with Crippen LogP contribution in [0, 0.1) is 0 Å². The van der Waals surface area contributed by atoms with Crippen molar-refractivity contribution in [1.82, 2.24) is 19.9 Å². The van der Waals surface area contributed by atoms with E-state index in [0.717, 1.165) is 80.5 Å². The minimum Gasteiger partial charge on any atom is -0.491 e. The molecule has 0 radical (unpaired) electrons. The average Bonchev–Trinajstić information content (AvgIpc) is 3.86. The van der Waals surface area contributed by atoms with Crippen LogP contribution in [0.4, 0.5) is 23.0 Å². The van der Waals surface area contributed by atoms with Crippen LogP contribution in [0.25, 0.3) is 21.8 Å². The number of nitrogens with one attached hydrogen (secondary N) is 4. The summed E-state index contributed by atoms with van der Waals surface area (Å²) in [6.07, 6.45) is 7.32. The molecule has 0 spiro atoms. The molecule has 0 saturated heterocycles. The molecule has 10 nitrogen and oxygen atoms in total. The Hall–Kier alpha value is -7.20. The predicted octanol–water partition coefficient (Wildman–Crippen LogP) is 9.57. The summed E-state index contributed by atoms with van der Waals surface area (Å²) >= 11 is 0. The number of hydrogen-bond acceptors (Lipinski definition) is 10. The quantitative estimate of drug-likeness (QED) is 0.108. The van der Waals surface area contributed by atoms with E-state index < -0.39 is 0 Å². The molecule has 8 aromatic rings. The molecule has 0 aliphatic carbocycles. The van der Waals surface area contributed by atoms with Crippen LogP contribution in [-0.2, 0) is 13.1 Å². The number of nitrogens with zero attached hydrogens (tertiary/aromatic N) is 4. The van der Waals surface area contributed by atoms with Crippen molar-refractivity contribution < 1.29 is 9.47 Å².